The first-order chi connectivity index (χ1) is 5.14. The monoisotopic (exact) mass is 157 g/mol. The van der Waals surface area contributed by atoms with Crippen molar-refractivity contribution in [1.82, 2.24) is 4.90 Å². The van der Waals surface area contributed by atoms with E-state index in [-0.39, 0.29) is 0 Å². The van der Waals surface area contributed by atoms with Crippen LogP contribution in [0.25, 0.3) is 0 Å². The number of hydrogen-bond donors (Lipinski definition) is 1. The molecule has 1 aliphatic heterocycles. The van der Waals surface area contributed by atoms with E-state index in [0.29, 0.717) is 12.0 Å². The summed E-state index contributed by atoms with van der Waals surface area (Å²) in [4.78, 5) is 2.45. The lowest BCUT2D eigenvalue weighted by atomic mass is 9.88. The fraction of sp³-hybridized carbons (Fsp3) is 1.00. The second-order valence-corrected chi connectivity index (χ2v) is 4.27. The number of aliphatic hydroxyl groups is 1. The number of nitrogens with zero attached hydrogens (tertiary/aromatic N) is 1. The second-order valence-electron chi connectivity index (χ2n) is 4.27. The highest BCUT2D eigenvalue weighted by atomic mass is 16.3. The van der Waals surface area contributed by atoms with Gasteiger partial charge in [0.05, 0.1) is 0 Å². The van der Waals surface area contributed by atoms with E-state index >= 15 is 0 Å². The molecule has 0 bridgehead atoms. The second kappa shape index (κ2) is 3.55. The minimum absolute atomic E-state index is 0.301. The summed E-state index contributed by atoms with van der Waals surface area (Å²) in [5.74, 6) is 0. The highest BCUT2D eigenvalue weighted by Gasteiger charge is 2.24. The smallest absolute Gasteiger partial charge is 0.0436 e. The fourth-order valence-electron chi connectivity index (χ4n) is 1.53. The summed E-state index contributed by atoms with van der Waals surface area (Å²) in [7, 11) is 0. The third-order valence-corrected chi connectivity index (χ3v) is 2.39. The lowest BCUT2D eigenvalue weighted by Crippen LogP contribution is -2.43. The van der Waals surface area contributed by atoms with Crippen LogP contribution in [0.3, 0.4) is 0 Å². The summed E-state index contributed by atoms with van der Waals surface area (Å²) >= 11 is 0. The van der Waals surface area contributed by atoms with Crippen molar-refractivity contribution >= 4 is 0 Å². The molecule has 0 aromatic heterocycles. The molecule has 2 nitrogen and oxygen atoms in total. The first-order valence-corrected chi connectivity index (χ1v) is 4.47. The Balaban J connectivity index is 2.20. The summed E-state index contributed by atoms with van der Waals surface area (Å²) in [6, 6.07) is 0. The van der Waals surface area contributed by atoms with E-state index in [1.165, 1.54) is 19.5 Å². The molecule has 0 aromatic carbocycles. The van der Waals surface area contributed by atoms with Crippen molar-refractivity contribution < 1.29 is 5.11 Å². The number of aliphatic hydroxyl groups excluding tert-OH is 1. The van der Waals surface area contributed by atoms with Crippen LogP contribution in [-0.2, 0) is 0 Å². The summed E-state index contributed by atoms with van der Waals surface area (Å²) in [5.41, 5.74) is 0.301. The average molecular weight is 157 g/mol. The molecule has 1 N–H and O–H groups in total. The zero-order valence-corrected chi connectivity index (χ0v) is 7.64. The molecule has 2 heteroatoms. The van der Waals surface area contributed by atoms with Gasteiger partial charge in [-0.1, -0.05) is 13.8 Å². The average Bonchev–Trinajstić information content (AvgIpc) is 1.79. The molecule has 1 fully saturated rings. The van der Waals surface area contributed by atoms with Gasteiger partial charge in [0.25, 0.3) is 0 Å². The van der Waals surface area contributed by atoms with Gasteiger partial charge < -0.3 is 10.0 Å². The van der Waals surface area contributed by atoms with Gasteiger partial charge in [-0.25, -0.2) is 0 Å². The maximum Gasteiger partial charge on any atom is 0.0436 e. The van der Waals surface area contributed by atoms with Gasteiger partial charge >= 0.3 is 0 Å². The van der Waals surface area contributed by atoms with Gasteiger partial charge in [0.15, 0.2) is 0 Å². The van der Waals surface area contributed by atoms with Crippen molar-refractivity contribution in [2.24, 2.45) is 5.41 Å². The minimum atomic E-state index is 0.301. The lowest BCUT2D eigenvalue weighted by molar-refractivity contribution is 0.0963. The van der Waals surface area contributed by atoms with Crippen molar-refractivity contribution in [3.63, 3.8) is 0 Å². The highest BCUT2D eigenvalue weighted by Crippen LogP contribution is 2.23. The predicted molar refractivity (Wildman–Crippen MR) is 46.5 cm³/mol. The number of likely N-dealkylation sites (tertiary alicyclic amines) is 1. The van der Waals surface area contributed by atoms with Crippen LogP contribution in [0.4, 0.5) is 0 Å². The Bertz CT molecular complexity index is 119. The van der Waals surface area contributed by atoms with Crippen molar-refractivity contribution in [1.29, 1.82) is 0 Å². The quantitative estimate of drug-likeness (QED) is 0.660. The third-order valence-electron chi connectivity index (χ3n) is 2.39. The molecule has 1 saturated heterocycles. The molecular weight excluding hydrogens is 138 g/mol. The van der Waals surface area contributed by atoms with Crippen molar-refractivity contribution in [2.45, 2.75) is 26.7 Å². The molecule has 0 unspecified atom stereocenters. The van der Waals surface area contributed by atoms with Crippen LogP contribution in [0.1, 0.15) is 26.7 Å². The van der Waals surface area contributed by atoms with Gasteiger partial charge in [-0.2, -0.15) is 0 Å². The fourth-order valence-corrected chi connectivity index (χ4v) is 1.53. The van der Waals surface area contributed by atoms with Crippen LogP contribution in [0.2, 0.25) is 0 Å². The Labute approximate surface area is 69.2 Å². The SMILES string of the molecule is CC(C)(CCO)CN1CCC1. The van der Waals surface area contributed by atoms with Crippen molar-refractivity contribution in [3.8, 4) is 0 Å². The van der Waals surface area contributed by atoms with Gasteiger partial charge in [0.1, 0.15) is 0 Å². The van der Waals surface area contributed by atoms with E-state index in [0.717, 1.165) is 13.0 Å². The summed E-state index contributed by atoms with van der Waals surface area (Å²) in [6.45, 7) is 8.43. The predicted octanol–water partition coefficient (Wildman–Crippen LogP) is 1.10. The molecule has 0 aromatic rings. The third kappa shape index (κ3) is 2.80. The normalized spacial score (nSPS) is 19.9. The molecular formula is C9H19NO. The first-order valence-electron chi connectivity index (χ1n) is 4.47. The van der Waals surface area contributed by atoms with Crippen LogP contribution in [0.15, 0.2) is 0 Å². The van der Waals surface area contributed by atoms with Crippen LogP contribution < -0.4 is 0 Å². The van der Waals surface area contributed by atoms with E-state index in [1.807, 2.05) is 0 Å². The molecule has 0 aliphatic carbocycles. The zero-order valence-electron chi connectivity index (χ0n) is 7.64. The van der Waals surface area contributed by atoms with Gasteiger partial charge in [0, 0.05) is 13.2 Å². The Morgan fingerprint density at radius 2 is 2.00 bits per heavy atom. The topological polar surface area (TPSA) is 23.5 Å². The number of rotatable bonds is 4. The minimum Gasteiger partial charge on any atom is -0.396 e. The molecule has 0 radical (unpaired) electrons. The molecule has 11 heavy (non-hydrogen) atoms. The lowest BCUT2D eigenvalue weighted by Gasteiger charge is -2.37. The molecule has 0 spiro atoms. The first kappa shape index (κ1) is 9.01. The molecule has 66 valence electrons. The Morgan fingerprint density at radius 3 is 2.36 bits per heavy atom. The van der Waals surface area contributed by atoms with Crippen LogP contribution in [0.5, 0.6) is 0 Å². The van der Waals surface area contributed by atoms with Gasteiger partial charge in [-0.15, -0.1) is 0 Å². The van der Waals surface area contributed by atoms with Crippen LogP contribution in [-0.4, -0.2) is 36.2 Å². The number of hydrogen-bond acceptors (Lipinski definition) is 2. The maximum absolute atomic E-state index is 8.79. The zero-order chi connectivity index (χ0) is 8.32. The Hall–Kier alpha value is -0.0800. The summed E-state index contributed by atoms with van der Waals surface area (Å²) in [5, 5.41) is 8.79. The summed E-state index contributed by atoms with van der Waals surface area (Å²) in [6.07, 6.45) is 2.28. The van der Waals surface area contributed by atoms with Gasteiger partial charge in [-0.05, 0) is 31.3 Å². The van der Waals surface area contributed by atoms with E-state index in [4.69, 9.17) is 5.11 Å². The molecule has 0 saturated carbocycles. The maximum atomic E-state index is 8.79. The molecule has 1 aliphatic rings. The Kier molecular flexibility index (Phi) is 2.90. The molecule has 1 heterocycles. The highest BCUT2D eigenvalue weighted by molar-refractivity contribution is 4.77. The molecule has 0 atom stereocenters. The van der Waals surface area contributed by atoms with Gasteiger partial charge in [-0.3, -0.25) is 0 Å². The van der Waals surface area contributed by atoms with Crippen LogP contribution >= 0.6 is 0 Å². The largest absolute Gasteiger partial charge is 0.396 e. The van der Waals surface area contributed by atoms with Crippen molar-refractivity contribution in [2.75, 3.05) is 26.2 Å². The van der Waals surface area contributed by atoms with Crippen LogP contribution in [0, 0.1) is 5.41 Å². The van der Waals surface area contributed by atoms with E-state index in [2.05, 4.69) is 18.7 Å². The van der Waals surface area contributed by atoms with E-state index < -0.39 is 0 Å². The van der Waals surface area contributed by atoms with Crippen molar-refractivity contribution in [3.05, 3.63) is 0 Å². The van der Waals surface area contributed by atoms with E-state index in [9.17, 15) is 0 Å². The molecule has 0 amide bonds. The van der Waals surface area contributed by atoms with Gasteiger partial charge in [0.2, 0.25) is 0 Å². The standard InChI is InChI=1S/C9H19NO/c1-9(2,4-7-11)8-10-5-3-6-10/h11H,3-8H2,1-2H3. The summed E-state index contributed by atoms with van der Waals surface area (Å²) < 4.78 is 0. The van der Waals surface area contributed by atoms with E-state index in [1.54, 1.807) is 0 Å². The Morgan fingerprint density at radius 1 is 1.36 bits per heavy atom. The molecule has 1 rings (SSSR count).